The lowest BCUT2D eigenvalue weighted by Gasteiger charge is -2.32. The van der Waals surface area contributed by atoms with Crippen LogP contribution in [0.2, 0.25) is 0 Å². The molecule has 2 aromatic rings. The molecular weight excluding hydrogens is 252 g/mol. The standard InChI is InChI=1S/C14H16N6/c15-12-11-2-1-7-18-13(11)20-14(16,19-12)6-3-10-4-8-17-9-5-10/h1-2,4-5,7-9H,3,6,16H2,(H2,15,19)(H,18,20). The van der Waals surface area contributed by atoms with Crippen molar-refractivity contribution < 1.29 is 0 Å². The maximum atomic E-state index is 6.28. The smallest absolute Gasteiger partial charge is 0.186 e. The molecule has 0 fully saturated rings. The number of nitrogens with two attached hydrogens (primary N) is 2. The lowest BCUT2D eigenvalue weighted by molar-refractivity contribution is 0.463. The molecule has 0 amide bonds. The molecule has 0 radical (unpaired) electrons. The van der Waals surface area contributed by atoms with Crippen LogP contribution < -0.4 is 16.8 Å². The van der Waals surface area contributed by atoms with Crippen LogP contribution in [0.3, 0.4) is 0 Å². The summed E-state index contributed by atoms with van der Waals surface area (Å²) in [6.45, 7) is 0. The number of aliphatic imine (C=N–C) groups is 1. The average molecular weight is 268 g/mol. The van der Waals surface area contributed by atoms with Gasteiger partial charge in [-0.05, 0) is 36.2 Å². The van der Waals surface area contributed by atoms with Gasteiger partial charge in [-0.2, -0.15) is 0 Å². The van der Waals surface area contributed by atoms with Gasteiger partial charge in [0, 0.05) is 25.0 Å². The van der Waals surface area contributed by atoms with Crippen LogP contribution in [0.25, 0.3) is 0 Å². The molecule has 0 saturated carbocycles. The maximum absolute atomic E-state index is 6.28. The SMILES string of the molecule is NC1=NC(N)(CCc2ccncc2)Nc2ncccc21. The molecule has 1 aliphatic heterocycles. The van der Waals surface area contributed by atoms with Crippen molar-refractivity contribution >= 4 is 11.7 Å². The Bertz CT molecular complexity index is 639. The van der Waals surface area contributed by atoms with Crippen molar-refractivity contribution in [1.82, 2.24) is 9.97 Å². The first-order valence-corrected chi connectivity index (χ1v) is 6.43. The third kappa shape index (κ3) is 2.46. The minimum absolute atomic E-state index is 0.420. The number of nitrogens with one attached hydrogen (secondary N) is 1. The first kappa shape index (κ1) is 12.6. The van der Waals surface area contributed by atoms with Gasteiger partial charge in [0.1, 0.15) is 11.7 Å². The van der Waals surface area contributed by atoms with Crippen LogP contribution in [0.15, 0.2) is 47.8 Å². The van der Waals surface area contributed by atoms with Crippen LogP contribution in [-0.4, -0.2) is 21.6 Å². The zero-order chi connectivity index (χ0) is 14.0. The van der Waals surface area contributed by atoms with E-state index in [-0.39, 0.29) is 0 Å². The maximum Gasteiger partial charge on any atom is 0.186 e. The second kappa shape index (κ2) is 4.90. The van der Waals surface area contributed by atoms with Gasteiger partial charge in [-0.15, -0.1) is 0 Å². The summed E-state index contributed by atoms with van der Waals surface area (Å²) in [5.41, 5.74) is 14.2. The van der Waals surface area contributed by atoms with Gasteiger partial charge >= 0.3 is 0 Å². The predicted octanol–water partition coefficient (Wildman–Crippen LogP) is 0.853. The molecule has 6 nitrogen and oxygen atoms in total. The Hall–Kier alpha value is -2.47. The minimum atomic E-state index is -0.922. The number of rotatable bonds is 3. The molecule has 0 aromatic carbocycles. The van der Waals surface area contributed by atoms with Crippen LogP contribution in [0.4, 0.5) is 5.82 Å². The molecule has 3 rings (SSSR count). The topological polar surface area (TPSA) is 102 Å². The Morgan fingerprint density at radius 3 is 2.75 bits per heavy atom. The van der Waals surface area contributed by atoms with Gasteiger partial charge in [-0.25, -0.2) is 9.98 Å². The highest BCUT2D eigenvalue weighted by Gasteiger charge is 2.30. The van der Waals surface area contributed by atoms with Crippen LogP contribution >= 0.6 is 0 Å². The highest BCUT2D eigenvalue weighted by atomic mass is 15.3. The van der Waals surface area contributed by atoms with Gasteiger partial charge in [0.05, 0.1) is 5.56 Å². The molecule has 0 spiro atoms. The molecule has 3 heterocycles. The summed E-state index contributed by atoms with van der Waals surface area (Å²) in [7, 11) is 0. The van der Waals surface area contributed by atoms with Crippen LogP contribution in [0.5, 0.6) is 0 Å². The number of hydrogen-bond acceptors (Lipinski definition) is 6. The van der Waals surface area contributed by atoms with Crippen molar-refractivity contribution in [2.75, 3.05) is 5.32 Å². The first-order chi connectivity index (χ1) is 9.66. The Morgan fingerprint density at radius 2 is 1.95 bits per heavy atom. The molecule has 0 bridgehead atoms. The van der Waals surface area contributed by atoms with E-state index >= 15 is 0 Å². The van der Waals surface area contributed by atoms with Crippen LogP contribution in [-0.2, 0) is 6.42 Å². The molecule has 20 heavy (non-hydrogen) atoms. The number of hydrogen-bond donors (Lipinski definition) is 3. The Morgan fingerprint density at radius 1 is 1.15 bits per heavy atom. The fourth-order valence-corrected chi connectivity index (χ4v) is 2.22. The van der Waals surface area contributed by atoms with Crippen molar-refractivity contribution in [3.63, 3.8) is 0 Å². The molecule has 2 aromatic heterocycles. The van der Waals surface area contributed by atoms with E-state index in [4.69, 9.17) is 11.5 Å². The molecule has 1 aliphatic rings. The third-order valence-corrected chi connectivity index (χ3v) is 3.28. The second-order valence-electron chi connectivity index (χ2n) is 4.80. The highest BCUT2D eigenvalue weighted by Crippen LogP contribution is 2.24. The van der Waals surface area contributed by atoms with Crippen molar-refractivity contribution in [3.05, 3.63) is 54.0 Å². The Labute approximate surface area is 117 Å². The molecule has 1 unspecified atom stereocenters. The van der Waals surface area contributed by atoms with E-state index in [1.165, 1.54) is 0 Å². The first-order valence-electron chi connectivity index (χ1n) is 6.43. The van der Waals surface area contributed by atoms with Crippen molar-refractivity contribution in [3.8, 4) is 0 Å². The summed E-state index contributed by atoms with van der Waals surface area (Å²) in [6.07, 6.45) is 6.63. The zero-order valence-corrected chi connectivity index (χ0v) is 11.0. The lowest BCUT2D eigenvalue weighted by Crippen LogP contribution is -2.50. The van der Waals surface area contributed by atoms with Crippen molar-refractivity contribution in [2.24, 2.45) is 16.5 Å². The second-order valence-corrected chi connectivity index (χ2v) is 4.80. The number of amidine groups is 1. The van der Waals surface area contributed by atoms with E-state index in [1.54, 1.807) is 18.6 Å². The fourth-order valence-electron chi connectivity index (χ4n) is 2.22. The Kier molecular flexibility index (Phi) is 3.08. The number of nitrogens with zero attached hydrogens (tertiary/aromatic N) is 3. The summed E-state index contributed by atoms with van der Waals surface area (Å²) in [6, 6.07) is 7.62. The summed E-state index contributed by atoms with van der Waals surface area (Å²) in [5.74, 6) is 0.177. The molecule has 102 valence electrons. The third-order valence-electron chi connectivity index (χ3n) is 3.28. The van der Waals surface area contributed by atoms with E-state index in [0.29, 0.717) is 18.1 Å². The number of aryl methyl sites for hydroxylation is 1. The number of pyridine rings is 2. The van der Waals surface area contributed by atoms with Gasteiger partial charge in [0.15, 0.2) is 5.79 Å². The highest BCUT2D eigenvalue weighted by molar-refractivity contribution is 6.03. The van der Waals surface area contributed by atoms with Gasteiger partial charge in [0.2, 0.25) is 0 Å². The van der Waals surface area contributed by atoms with Crippen molar-refractivity contribution in [2.45, 2.75) is 18.6 Å². The van der Waals surface area contributed by atoms with Crippen LogP contribution in [0.1, 0.15) is 17.5 Å². The van der Waals surface area contributed by atoms with E-state index in [1.807, 2.05) is 24.3 Å². The van der Waals surface area contributed by atoms with Crippen molar-refractivity contribution in [1.29, 1.82) is 0 Å². The largest absolute Gasteiger partial charge is 0.383 e. The van der Waals surface area contributed by atoms with Gasteiger partial charge < -0.3 is 11.1 Å². The minimum Gasteiger partial charge on any atom is -0.383 e. The Balaban J connectivity index is 1.79. The van der Waals surface area contributed by atoms with Gasteiger partial charge in [0.25, 0.3) is 0 Å². The van der Waals surface area contributed by atoms with E-state index < -0.39 is 5.79 Å². The predicted molar refractivity (Wildman–Crippen MR) is 78.1 cm³/mol. The number of anilines is 1. The number of aromatic nitrogens is 2. The molecule has 0 saturated heterocycles. The zero-order valence-electron chi connectivity index (χ0n) is 11.0. The summed E-state index contributed by atoms with van der Waals surface area (Å²) in [5, 5.41) is 3.16. The van der Waals surface area contributed by atoms with E-state index in [2.05, 4.69) is 20.3 Å². The molecule has 1 atom stereocenters. The quantitative estimate of drug-likeness (QED) is 0.766. The summed E-state index contributed by atoms with van der Waals surface area (Å²) >= 11 is 0. The monoisotopic (exact) mass is 268 g/mol. The molecule has 0 aliphatic carbocycles. The lowest BCUT2D eigenvalue weighted by atomic mass is 10.1. The fraction of sp³-hybridized carbons (Fsp3) is 0.214. The van der Waals surface area contributed by atoms with E-state index in [0.717, 1.165) is 17.5 Å². The van der Waals surface area contributed by atoms with Crippen LogP contribution in [0, 0.1) is 0 Å². The van der Waals surface area contributed by atoms with E-state index in [9.17, 15) is 0 Å². The van der Waals surface area contributed by atoms with Gasteiger partial charge in [-0.3, -0.25) is 10.7 Å². The molecule has 6 heteroatoms. The van der Waals surface area contributed by atoms with Gasteiger partial charge in [-0.1, -0.05) is 0 Å². The summed E-state index contributed by atoms with van der Waals surface area (Å²) < 4.78 is 0. The molecular formula is C14H16N6. The normalized spacial score (nSPS) is 20.8. The molecule has 5 N–H and O–H groups in total. The average Bonchev–Trinajstić information content (AvgIpc) is 2.46. The summed E-state index contributed by atoms with van der Waals surface area (Å²) in [4.78, 5) is 12.6. The number of fused-ring (bicyclic) bond motifs is 1.